The number of amides is 1. The molecule has 23 heavy (non-hydrogen) atoms. The molecule has 0 aliphatic carbocycles. The van der Waals surface area contributed by atoms with E-state index in [2.05, 4.69) is 5.32 Å². The zero-order valence-corrected chi connectivity index (χ0v) is 13.2. The van der Waals surface area contributed by atoms with Crippen LogP contribution in [-0.2, 0) is 6.54 Å². The van der Waals surface area contributed by atoms with Gasteiger partial charge in [0.2, 0.25) is 5.91 Å². The number of rotatable bonds is 3. The quantitative estimate of drug-likeness (QED) is 0.804. The molecule has 0 atom stereocenters. The van der Waals surface area contributed by atoms with Crippen LogP contribution in [0.3, 0.4) is 0 Å². The maximum atomic E-state index is 12.5. The van der Waals surface area contributed by atoms with Gasteiger partial charge in [0.1, 0.15) is 0 Å². The fourth-order valence-electron chi connectivity index (χ4n) is 2.60. The van der Waals surface area contributed by atoms with Crippen LogP contribution in [0.2, 0.25) is 0 Å². The Hall–Kier alpha value is -2.88. The highest BCUT2D eigenvalue weighted by atomic mass is 16.2. The summed E-state index contributed by atoms with van der Waals surface area (Å²) in [4.78, 5) is 24.2. The summed E-state index contributed by atoms with van der Waals surface area (Å²) in [5.74, 6) is -0.291. The van der Waals surface area contributed by atoms with Crippen LogP contribution in [0.4, 0.5) is 0 Å². The molecular formula is C19H18N2O2. The molecular weight excluding hydrogens is 288 g/mol. The number of carbonyl (C=O) groups is 2. The summed E-state index contributed by atoms with van der Waals surface area (Å²) >= 11 is 0. The van der Waals surface area contributed by atoms with Gasteiger partial charge in [0.05, 0.1) is 11.1 Å². The van der Waals surface area contributed by atoms with E-state index in [-0.39, 0.29) is 11.8 Å². The van der Waals surface area contributed by atoms with Crippen LogP contribution in [0.25, 0.3) is 10.9 Å². The van der Waals surface area contributed by atoms with Gasteiger partial charge in [-0.05, 0) is 18.6 Å². The molecule has 1 heterocycles. The number of hydrogen-bond acceptors (Lipinski definition) is 2. The van der Waals surface area contributed by atoms with Crippen LogP contribution in [-0.4, -0.2) is 16.4 Å². The molecule has 116 valence electrons. The summed E-state index contributed by atoms with van der Waals surface area (Å²) < 4.78 is 1.51. The highest BCUT2D eigenvalue weighted by Crippen LogP contribution is 2.21. The fourth-order valence-corrected chi connectivity index (χ4v) is 2.60. The van der Waals surface area contributed by atoms with Crippen molar-refractivity contribution in [2.24, 2.45) is 0 Å². The van der Waals surface area contributed by atoms with Crippen molar-refractivity contribution in [1.82, 2.24) is 9.88 Å². The normalized spacial score (nSPS) is 10.7. The second-order valence-electron chi connectivity index (χ2n) is 5.62. The SMILES string of the molecule is CC(=O)n1cc(C(=O)NCc2ccc(C)cc2)c2ccccc21. The van der Waals surface area contributed by atoms with Gasteiger partial charge in [-0.15, -0.1) is 0 Å². The monoisotopic (exact) mass is 306 g/mol. The summed E-state index contributed by atoms with van der Waals surface area (Å²) in [6, 6.07) is 15.4. The Balaban J connectivity index is 1.86. The van der Waals surface area contributed by atoms with Gasteiger partial charge >= 0.3 is 0 Å². The molecule has 0 unspecified atom stereocenters. The molecule has 0 saturated carbocycles. The van der Waals surface area contributed by atoms with Crippen molar-refractivity contribution in [3.8, 4) is 0 Å². The van der Waals surface area contributed by atoms with Crippen molar-refractivity contribution in [2.45, 2.75) is 20.4 Å². The molecule has 4 heteroatoms. The number of nitrogens with one attached hydrogen (secondary N) is 1. The van der Waals surface area contributed by atoms with Crippen LogP contribution in [0, 0.1) is 6.92 Å². The van der Waals surface area contributed by atoms with E-state index >= 15 is 0 Å². The van der Waals surface area contributed by atoms with Crippen molar-refractivity contribution in [2.75, 3.05) is 0 Å². The first kappa shape index (κ1) is 15.0. The Labute approximate surface area is 134 Å². The zero-order valence-electron chi connectivity index (χ0n) is 13.2. The van der Waals surface area contributed by atoms with Gasteiger partial charge in [-0.1, -0.05) is 48.0 Å². The van der Waals surface area contributed by atoms with Crippen molar-refractivity contribution in [3.63, 3.8) is 0 Å². The summed E-state index contributed by atoms with van der Waals surface area (Å²) in [7, 11) is 0. The molecule has 0 saturated heterocycles. The predicted octanol–water partition coefficient (Wildman–Crippen LogP) is 3.54. The third kappa shape index (κ3) is 3.01. The first-order valence-electron chi connectivity index (χ1n) is 7.51. The van der Waals surface area contributed by atoms with Gasteiger partial charge in [-0.25, -0.2) is 0 Å². The molecule has 4 nitrogen and oxygen atoms in total. The first-order valence-corrected chi connectivity index (χ1v) is 7.51. The van der Waals surface area contributed by atoms with Crippen LogP contribution in [0.1, 0.15) is 33.2 Å². The van der Waals surface area contributed by atoms with Crippen molar-refractivity contribution >= 4 is 22.7 Å². The average Bonchev–Trinajstić information content (AvgIpc) is 2.94. The molecule has 0 bridgehead atoms. The Morgan fingerprint density at radius 2 is 1.74 bits per heavy atom. The van der Waals surface area contributed by atoms with Crippen molar-refractivity contribution in [1.29, 1.82) is 0 Å². The van der Waals surface area contributed by atoms with Gasteiger partial charge in [-0.3, -0.25) is 14.2 Å². The van der Waals surface area contributed by atoms with Gasteiger partial charge < -0.3 is 5.32 Å². The van der Waals surface area contributed by atoms with E-state index in [1.165, 1.54) is 17.1 Å². The number of aromatic nitrogens is 1. The smallest absolute Gasteiger partial charge is 0.253 e. The van der Waals surface area contributed by atoms with E-state index in [9.17, 15) is 9.59 Å². The number of benzene rings is 2. The number of aryl methyl sites for hydroxylation is 1. The number of para-hydroxylation sites is 1. The second kappa shape index (κ2) is 6.08. The predicted molar refractivity (Wildman–Crippen MR) is 90.6 cm³/mol. The summed E-state index contributed by atoms with van der Waals surface area (Å²) in [6.07, 6.45) is 1.61. The van der Waals surface area contributed by atoms with E-state index < -0.39 is 0 Å². The van der Waals surface area contributed by atoms with Gasteiger partial charge in [-0.2, -0.15) is 0 Å². The number of nitrogens with zero attached hydrogens (tertiary/aromatic N) is 1. The van der Waals surface area contributed by atoms with E-state index in [4.69, 9.17) is 0 Å². The lowest BCUT2D eigenvalue weighted by molar-refractivity contribution is 0.0941. The number of fused-ring (bicyclic) bond motifs is 1. The Bertz CT molecular complexity index is 876. The molecule has 0 aliphatic rings. The molecule has 2 aromatic carbocycles. The summed E-state index contributed by atoms with van der Waals surface area (Å²) in [5.41, 5.74) is 3.49. The standard InChI is InChI=1S/C19H18N2O2/c1-13-7-9-15(10-8-13)11-20-19(23)17-12-21(14(2)22)18-6-4-3-5-16(17)18/h3-10,12H,11H2,1-2H3,(H,20,23). The largest absolute Gasteiger partial charge is 0.348 e. The second-order valence-corrected chi connectivity index (χ2v) is 5.62. The minimum absolute atomic E-state index is 0.112. The van der Waals surface area contributed by atoms with E-state index in [0.717, 1.165) is 16.5 Å². The Morgan fingerprint density at radius 3 is 2.43 bits per heavy atom. The molecule has 1 amide bonds. The molecule has 1 aromatic heterocycles. The van der Waals surface area contributed by atoms with E-state index in [1.807, 2.05) is 55.5 Å². The molecule has 3 rings (SSSR count). The summed E-state index contributed by atoms with van der Waals surface area (Å²) in [6.45, 7) is 3.97. The Morgan fingerprint density at radius 1 is 1.04 bits per heavy atom. The van der Waals surface area contributed by atoms with E-state index in [0.29, 0.717) is 12.1 Å². The van der Waals surface area contributed by atoms with Crippen LogP contribution < -0.4 is 5.32 Å². The van der Waals surface area contributed by atoms with Crippen LogP contribution >= 0.6 is 0 Å². The van der Waals surface area contributed by atoms with Crippen molar-refractivity contribution in [3.05, 3.63) is 71.4 Å². The van der Waals surface area contributed by atoms with Gasteiger partial charge in [0.15, 0.2) is 0 Å². The van der Waals surface area contributed by atoms with Crippen LogP contribution in [0.5, 0.6) is 0 Å². The zero-order chi connectivity index (χ0) is 16.4. The minimum atomic E-state index is -0.179. The maximum absolute atomic E-state index is 12.5. The molecule has 3 aromatic rings. The molecule has 0 fully saturated rings. The molecule has 0 radical (unpaired) electrons. The lowest BCUT2D eigenvalue weighted by Gasteiger charge is -2.05. The first-order chi connectivity index (χ1) is 11.1. The van der Waals surface area contributed by atoms with Crippen LogP contribution in [0.15, 0.2) is 54.7 Å². The number of hydrogen-bond donors (Lipinski definition) is 1. The number of carbonyl (C=O) groups excluding carboxylic acids is 2. The minimum Gasteiger partial charge on any atom is -0.348 e. The lowest BCUT2D eigenvalue weighted by atomic mass is 10.1. The lowest BCUT2D eigenvalue weighted by Crippen LogP contribution is -2.22. The third-order valence-corrected chi connectivity index (χ3v) is 3.87. The summed E-state index contributed by atoms with van der Waals surface area (Å²) in [5, 5.41) is 3.70. The third-order valence-electron chi connectivity index (χ3n) is 3.87. The topological polar surface area (TPSA) is 51.1 Å². The molecule has 1 N–H and O–H groups in total. The molecule has 0 spiro atoms. The van der Waals surface area contributed by atoms with E-state index in [1.54, 1.807) is 6.20 Å². The average molecular weight is 306 g/mol. The Kier molecular flexibility index (Phi) is 3.98. The fraction of sp³-hybridized carbons (Fsp3) is 0.158. The highest BCUT2D eigenvalue weighted by Gasteiger charge is 2.16. The molecule has 0 aliphatic heterocycles. The van der Waals surface area contributed by atoms with Gasteiger partial charge in [0, 0.05) is 25.1 Å². The van der Waals surface area contributed by atoms with Gasteiger partial charge in [0.25, 0.3) is 5.91 Å². The maximum Gasteiger partial charge on any atom is 0.253 e. The highest BCUT2D eigenvalue weighted by molar-refractivity contribution is 6.09. The van der Waals surface area contributed by atoms with Crippen molar-refractivity contribution < 1.29 is 9.59 Å².